The fourth-order valence-corrected chi connectivity index (χ4v) is 3.09. The molecule has 0 aliphatic heterocycles. The van der Waals surface area contributed by atoms with Gasteiger partial charge in [-0.3, -0.25) is 4.79 Å². The van der Waals surface area contributed by atoms with E-state index in [1.807, 2.05) is 6.92 Å². The number of ether oxygens (including phenoxy) is 3. The van der Waals surface area contributed by atoms with Crippen LogP contribution >= 0.6 is 23.2 Å². The van der Waals surface area contributed by atoms with Crippen LogP contribution < -0.4 is 19.5 Å². The first-order valence-electron chi connectivity index (χ1n) is 9.29. The second-order valence-corrected chi connectivity index (χ2v) is 7.17. The van der Waals surface area contributed by atoms with Crippen molar-refractivity contribution in [3.63, 3.8) is 0 Å². The van der Waals surface area contributed by atoms with E-state index in [1.165, 1.54) is 7.11 Å². The summed E-state index contributed by atoms with van der Waals surface area (Å²) < 4.78 is 16.8. The molecular weight excluding hydrogens is 425 g/mol. The van der Waals surface area contributed by atoms with Gasteiger partial charge in [-0.25, -0.2) is 0 Å². The van der Waals surface area contributed by atoms with Gasteiger partial charge in [0.05, 0.1) is 19.4 Å². The Morgan fingerprint density at radius 1 is 0.900 bits per heavy atom. The Morgan fingerprint density at radius 3 is 2.30 bits per heavy atom. The van der Waals surface area contributed by atoms with Crippen LogP contribution in [-0.4, -0.2) is 19.6 Å². The quantitative estimate of drug-likeness (QED) is 0.446. The maximum absolute atomic E-state index is 12.8. The largest absolute Gasteiger partial charge is 0.495 e. The lowest BCUT2D eigenvalue weighted by atomic mass is 10.1. The number of carbonyl (C=O) groups excluding carboxylic acids is 1. The minimum Gasteiger partial charge on any atom is -0.495 e. The molecule has 0 radical (unpaired) electrons. The van der Waals surface area contributed by atoms with Crippen LogP contribution in [0.1, 0.15) is 22.8 Å². The average Bonchev–Trinajstić information content (AvgIpc) is 2.74. The van der Waals surface area contributed by atoms with Gasteiger partial charge in [-0.05, 0) is 67.6 Å². The molecule has 0 aromatic heterocycles. The van der Waals surface area contributed by atoms with Crippen LogP contribution in [0.5, 0.6) is 17.2 Å². The highest BCUT2D eigenvalue weighted by Gasteiger charge is 2.14. The van der Waals surface area contributed by atoms with E-state index in [2.05, 4.69) is 5.32 Å². The second-order valence-electron chi connectivity index (χ2n) is 6.30. The molecule has 0 saturated carbocycles. The first kappa shape index (κ1) is 21.8. The van der Waals surface area contributed by atoms with Gasteiger partial charge >= 0.3 is 0 Å². The lowest BCUT2D eigenvalue weighted by Gasteiger charge is -2.14. The molecule has 0 fully saturated rings. The summed E-state index contributed by atoms with van der Waals surface area (Å²) in [4.78, 5) is 12.8. The molecule has 0 spiro atoms. The maximum atomic E-state index is 12.8. The summed E-state index contributed by atoms with van der Waals surface area (Å²) in [5.41, 5.74) is 1.69. The second kappa shape index (κ2) is 10.2. The summed E-state index contributed by atoms with van der Waals surface area (Å²) in [6.45, 7) is 2.63. The SMILES string of the molecule is CCOc1ccc(C(=O)Nc2cc(Cl)ccc2OC)cc1COc1ccc(Cl)cc1. The number of halogens is 2. The number of hydrogen-bond acceptors (Lipinski definition) is 4. The normalized spacial score (nSPS) is 10.4. The van der Waals surface area contributed by atoms with Gasteiger partial charge < -0.3 is 19.5 Å². The molecule has 0 saturated heterocycles. The molecule has 156 valence electrons. The molecule has 1 amide bonds. The topological polar surface area (TPSA) is 56.8 Å². The van der Waals surface area contributed by atoms with Gasteiger partial charge in [0.25, 0.3) is 5.91 Å². The van der Waals surface area contributed by atoms with Crippen molar-refractivity contribution in [3.8, 4) is 17.2 Å². The fraction of sp³-hybridized carbons (Fsp3) is 0.174. The Hall–Kier alpha value is -2.89. The molecule has 1 N–H and O–H groups in total. The smallest absolute Gasteiger partial charge is 0.255 e. The zero-order valence-corrected chi connectivity index (χ0v) is 18.1. The van der Waals surface area contributed by atoms with Crippen molar-refractivity contribution in [1.29, 1.82) is 0 Å². The highest BCUT2D eigenvalue weighted by atomic mass is 35.5. The lowest BCUT2D eigenvalue weighted by Crippen LogP contribution is -2.13. The molecule has 0 unspecified atom stereocenters. The van der Waals surface area contributed by atoms with E-state index in [-0.39, 0.29) is 12.5 Å². The zero-order chi connectivity index (χ0) is 21.5. The van der Waals surface area contributed by atoms with E-state index in [0.29, 0.717) is 45.2 Å². The van der Waals surface area contributed by atoms with Gasteiger partial charge in [-0.1, -0.05) is 23.2 Å². The van der Waals surface area contributed by atoms with Crippen LogP contribution in [0.2, 0.25) is 10.0 Å². The van der Waals surface area contributed by atoms with Gasteiger partial charge in [0.1, 0.15) is 23.9 Å². The number of anilines is 1. The molecule has 3 aromatic carbocycles. The van der Waals surface area contributed by atoms with Gasteiger partial charge in [0.15, 0.2) is 0 Å². The summed E-state index contributed by atoms with van der Waals surface area (Å²) in [5, 5.41) is 3.96. The van der Waals surface area contributed by atoms with Crippen LogP contribution in [0.4, 0.5) is 5.69 Å². The molecule has 0 atom stereocenters. The van der Waals surface area contributed by atoms with Gasteiger partial charge in [-0.15, -0.1) is 0 Å². The van der Waals surface area contributed by atoms with Crippen molar-refractivity contribution >= 4 is 34.8 Å². The molecule has 0 heterocycles. The molecule has 0 bridgehead atoms. The highest BCUT2D eigenvalue weighted by Crippen LogP contribution is 2.29. The monoisotopic (exact) mass is 445 g/mol. The van der Waals surface area contributed by atoms with Crippen molar-refractivity contribution in [2.24, 2.45) is 0 Å². The molecule has 30 heavy (non-hydrogen) atoms. The van der Waals surface area contributed by atoms with E-state index < -0.39 is 0 Å². The van der Waals surface area contributed by atoms with Crippen LogP contribution in [0.15, 0.2) is 60.7 Å². The predicted molar refractivity (Wildman–Crippen MR) is 119 cm³/mol. The zero-order valence-electron chi connectivity index (χ0n) is 16.6. The lowest BCUT2D eigenvalue weighted by molar-refractivity contribution is 0.102. The van der Waals surface area contributed by atoms with E-state index in [4.69, 9.17) is 37.4 Å². The fourth-order valence-electron chi connectivity index (χ4n) is 2.79. The molecule has 3 aromatic rings. The van der Waals surface area contributed by atoms with Crippen LogP contribution in [0.3, 0.4) is 0 Å². The standard InChI is InChI=1S/C23H21Cl2NO4/c1-3-29-21-10-4-15(12-16(21)14-30-19-8-5-17(24)6-9-19)23(27)26-20-13-18(25)7-11-22(20)28-2/h4-13H,3,14H2,1-2H3,(H,26,27). The first-order chi connectivity index (χ1) is 14.5. The number of benzene rings is 3. The molecular formula is C23H21Cl2NO4. The van der Waals surface area contributed by atoms with Crippen molar-refractivity contribution in [1.82, 2.24) is 0 Å². The molecule has 5 nitrogen and oxygen atoms in total. The van der Waals surface area contributed by atoms with E-state index in [1.54, 1.807) is 60.7 Å². The Morgan fingerprint density at radius 2 is 1.60 bits per heavy atom. The van der Waals surface area contributed by atoms with E-state index in [9.17, 15) is 4.79 Å². The summed E-state index contributed by atoms with van der Waals surface area (Å²) >= 11 is 12.0. The maximum Gasteiger partial charge on any atom is 0.255 e. The van der Waals surface area contributed by atoms with Gasteiger partial charge in [0.2, 0.25) is 0 Å². The minimum absolute atomic E-state index is 0.235. The highest BCUT2D eigenvalue weighted by molar-refractivity contribution is 6.31. The Bertz CT molecular complexity index is 1020. The van der Waals surface area contributed by atoms with Gasteiger partial charge in [-0.2, -0.15) is 0 Å². The third-order valence-corrected chi connectivity index (χ3v) is 4.73. The number of amides is 1. The number of hydrogen-bond donors (Lipinski definition) is 1. The van der Waals surface area contributed by atoms with Crippen LogP contribution in [-0.2, 0) is 6.61 Å². The third kappa shape index (κ3) is 5.59. The molecule has 7 heteroatoms. The van der Waals surface area contributed by atoms with Crippen molar-refractivity contribution in [2.45, 2.75) is 13.5 Å². The summed E-state index contributed by atoms with van der Waals surface area (Å²) in [6, 6.07) is 17.3. The van der Waals surface area contributed by atoms with E-state index in [0.717, 1.165) is 5.56 Å². The summed E-state index contributed by atoms with van der Waals surface area (Å²) in [5.74, 6) is 1.54. The summed E-state index contributed by atoms with van der Waals surface area (Å²) in [7, 11) is 1.53. The predicted octanol–water partition coefficient (Wildman–Crippen LogP) is 6.23. The Balaban J connectivity index is 1.81. The number of carbonyl (C=O) groups is 1. The Labute approximate surface area is 185 Å². The molecule has 3 rings (SSSR count). The average molecular weight is 446 g/mol. The van der Waals surface area contributed by atoms with E-state index >= 15 is 0 Å². The van der Waals surface area contributed by atoms with Crippen molar-refractivity contribution in [3.05, 3.63) is 81.8 Å². The Kier molecular flexibility index (Phi) is 7.44. The first-order valence-corrected chi connectivity index (χ1v) is 10.0. The van der Waals surface area contributed by atoms with Crippen molar-refractivity contribution < 1.29 is 19.0 Å². The minimum atomic E-state index is -0.300. The molecule has 0 aliphatic carbocycles. The van der Waals surface area contributed by atoms with Crippen molar-refractivity contribution in [2.75, 3.05) is 19.0 Å². The van der Waals surface area contributed by atoms with Crippen LogP contribution in [0, 0.1) is 0 Å². The number of nitrogens with one attached hydrogen (secondary N) is 1. The van der Waals surface area contributed by atoms with Gasteiger partial charge in [0, 0.05) is 21.2 Å². The number of rotatable bonds is 8. The molecule has 0 aliphatic rings. The third-order valence-electron chi connectivity index (χ3n) is 4.24. The summed E-state index contributed by atoms with van der Waals surface area (Å²) in [6.07, 6.45) is 0. The number of methoxy groups -OCH3 is 1. The van der Waals surface area contributed by atoms with Crippen LogP contribution in [0.25, 0.3) is 0 Å².